The third-order valence-corrected chi connectivity index (χ3v) is 5.07. The Bertz CT molecular complexity index is 360. The monoisotopic (exact) mass is 303 g/mol. The van der Waals surface area contributed by atoms with Gasteiger partial charge < -0.3 is 5.32 Å². The van der Waals surface area contributed by atoms with Crippen molar-refractivity contribution in [3.63, 3.8) is 0 Å². The van der Waals surface area contributed by atoms with E-state index in [0.29, 0.717) is 6.54 Å². The van der Waals surface area contributed by atoms with Gasteiger partial charge in [0, 0.05) is 16.8 Å². The van der Waals surface area contributed by atoms with Gasteiger partial charge in [0.05, 0.1) is 4.88 Å². The number of halogens is 1. The van der Waals surface area contributed by atoms with E-state index >= 15 is 0 Å². The van der Waals surface area contributed by atoms with Crippen LogP contribution in [-0.2, 0) is 6.42 Å². The number of aryl methyl sites for hydroxylation is 1. The molecule has 0 radical (unpaired) electrons. The first-order valence-electron chi connectivity index (χ1n) is 5.41. The lowest BCUT2D eigenvalue weighted by molar-refractivity contribution is 0.0944. The van der Waals surface area contributed by atoms with Crippen molar-refractivity contribution in [3.8, 4) is 0 Å². The van der Waals surface area contributed by atoms with Gasteiger partial charge in [-0.3, -0.25) is 4.79 Å². The van der Waals surface area contributed by atoms with Crippen molar-refractivity contribution in [1.29, 1.82) is 0 Å². The molecule has 0 aromatic carbocycles. The van der Waals surface area contributed by atoms with Crippen molar-refractivity contribution in [2.45, 2.75) is 27.2 Å². The zero-order valence-electron chi connectivity index (χ0n) is 9.97. The van der Waals surface area contributed by atoms with Gasteiger partial charge >= 0.3 is 0 Å². The summed E-state index contributed by atoms with van der Waals surface area (Å²) in [5.41, 5.74) is 0.0977. The Kier molecular flexibility index (Phi) is 4.99. The van der Waals surface area contributed by atoms with E-state index in [0.717, 1.165) is 16.6 Å². The van der Waals surface area contributed by atoms with Gasteiger partial charge in [0.25, 0.3) is 5.91 Å². The minimum absolute atomic E-state index is 0.0405. The molecule has 0 saturated carbocycles. The van der Waals surface area contributed by atoms with Crippen LogP contribution in [0.2, 0.25) is 0 Å². The molecule has 0 aliphatic heterocycles. The first kappa shape index (κ1) is 13.7. The quantitative estimate of drug-likeness (QED) is 0.829. The van der Waals surface area contributed by atoms with E-state index < -0.39 is 0 Å². The predicted octanol–water partition coefficient (Wildman–Crippen LogP) is 3.46. The van der Waals surface area contributed by atoms with Gasteiger partial charge in [0.15, 0.2) is 0 Å². The molecule has 0 aliphatic rings. The number of nitrogens with one attached hydrogen (secondary N) is 1. The van der Waals surface area contributed by atoms with E-state index in [2.05, 4.69) is 42.0 Å². The Hall–Kier alpha value is -0.350. The molecule has 2 nitrogen and oxygen atoms in total. The minimum atomic E-state index is 0.0405. The summed E-state index contributed by atoms with van der Waals surface area (Å²) in [6, 6.07) is 3.93. The normalized spacial score (nSPS) is 11.5. The molecule has 1 rings (SSSR count). The van der Waals surface area contributed by atoms with Crippen molar-refractivity contribution >= 4 is 33.2 Å². The van der Waals surface area contributed by atoms with Crippen LogP contribution in [0.15, 0.2) is 12.1 Å². The molecule has 0 spiro atoms. The summed E-state index contributed by atoms with van der Waals surface area (Å²) in [6.07, 6.45) is 0.991. The molecule has 1 amide bonds. The summed E-state index contributed by atoms with van der Waals surface area (Å²) >= 11 is 5.02. The molecule has 4 heteroatoms. The molecular weight excluding hydrogens is 286 g/mol. The van der Waals surface area contributed by atoms with Gasteiger partial charge in [-0.2, -0.15) is 0 Å². The highest BCUT2D eigenvalue weighted by Gasteiger charge is 2.18. The second-order valence-corrected chi connectivity index (χ2v) is 6.33. The van der Waals surface area contributed by atoms with Crippen molar-refractivity contribution in [3.05, 3.63) is 21.9 Å². The maximum absolute atomic E-state index is 11.8. The molecule has 16 heavy (non-hydrogen) atoms. The summed E-state index contributed by atoms with van der Waals surface area (Å²) in [7, 11) is 0. The van der Waals surface area contributed by atoms with E-state index in [-0.39, 0.29) is 11.3 Å². The van der Waals surface area contributed by atoms with Gasteiger partial charge in [-0.1, -0.05) is 36.7 Å². The summed E-state index contributed by atoms with van der Waals surface area (Å²) in [6.45, 7) is 7.03. The second-order valence-electron chi connectivity index (χ2n) is 4.60. The topological polar surface area (TPSA) is 29.1 Å². The van der Waals surface area contributed by atoms with Crippen LogP contribution in [0.3, 0.4) is 0 Å². The lowest BCUT2D eigenvalue weighted by Crippen LogP contribution is -2.34. The van der Waals surface area contributed by atoms with Gasteiger partial charge in [0.2, 0.25) is 0 Å². The third kappa shape index (κ3) is 3.91. The Morgan fingerprint density at radius 2 is 2.19 bits per heavy atom. The molecule has 0 bridgehead atoms. The Morgan fingerprint density at radius 1 is 1.50 bits per heavy atom. The SMILES string of the molecule is CCc1ccc(C(=O)NCC(C)(C)CBr)s1. The van der Waals surface area contributed by atoms with Crippen molar-refractivity contribution in [2.24, 2.45) is 5.41 Å². The molecule has 0 atom stereocenters. The number of amides is 1. The van der Waals surface area contributed by atoms with Crippen molar-refractivity contribution < 1.29 is 4.79 Å². The lowest BCUT2D eigenvalue weighted by atomic mass is 9.97. The lowest BCUT2D eigenvalue weighted by Gasteiger charge is -2.21. The highest BCUT2D eigenvalue weighted by Crippen LogP contribution is 2.19. The molecule has 0 fully saturated rings. The fourth-order valence-electron chi connectivity index (χ4n) is 1.14. The number of rotatable bonds is 5. The van der Waals surface area contributed by atoms with Crippen LogP contribution in [-0.4, -0.2) is 17.8 Å². The summed E-state index contributed by atoms with van der Waals surface area (Å²) in [5.74, 6) is 0.0405. The molecular formula is C12H18BrNOS. The molecule has 90 valence electrons. The zero-order valence-corrected chi connectivity index (χ0v) is 12.4. The molecule has 1 heterocycles. The van der Waals surface area contributed by atoms with Crippen molar-refractivity contribution in [1.82, 2.24) is 5.32 Å². The number of alkyl halides is 1. The third-order valence-electron chi connectivity index (χ3n) is 2.32. The van der Waals surface area contributed by atoms with Gasteiger partial charge in [-0.15, -0.1) is 11.3 Å². The molecule has 0 saturated heterocycles. The van der Waals surface area contributed by atoms with E-state index in [1.165, 1.54) is 4.88 Å². The Balaban J connectivity index is 2.53. The van der Waals surface area contributed by atoms with Crippen LogP contribution in [0.25, 0.3) is 0 Å². The van der Waals surface area contributed by atoms with Gasteiger partial charge in [-0.25, -0.2) is 0 Å². The zero-order chi connectivity index (χ0) is 12.2. The van der Waals surface area contributed by atoms with Gasteiger partial charge in [-0.05, 0) is 24.0 Å². The van der Waals surface area contributed by atoms with Crippen LogP contribution >= 0.6 is 27.3 Å². The molecule has 1 aromatic rings. The summed E-state index contributed by atoms with van der Waals surface area (Å²) < 4.78 is 0. The molecule has 1 aromatic heterocycles. The highest BCUT2D eigenvalue weighted by atomic mass is 79.9. The van der Waals surface area contributed by atoms with Crippen LogP contribution in [0.1, 0.15) is 35.3 Å². The average molecular weight is 304 g/mol. The highest BCUT2D eigenvalue weighted by molar-refractivity contribution is 9.09. The molecule has 0 aliphatic carbocycles. The first-order valence-corrected chi connectivity index (χ1v) is 7.35. The van der Waals surface area contributed by atoms with Crippen molar-refractivity contribution in [2.75, 3.05) is 11.9 Å². The van der Waals surface area contributed by atoms with E-state index in [4.69, 9.17) is 0 Å². The van der Waals surface area contributed by atoms with E-state index in [1.54, 1.807) is 11.3 Å². The summed E-state index contributed by atoms with van der Waals surface area (Å²) in [4.78, 5) is 13.9. The standard InChI is InChI=1S/C12H18BrNOS/c1-4-9-5-6-10(16-9)11(15)14-8-12(2,3)7-13/h5-6H,4,7-8H2,1-3H3,(H,14,15). The maximum Gasteiger partial charge on any atom is 0.261 e. The number of thiophene rings is 1. The largest absolute Gasteiger partial charge is 0.351 e. The Labute approximate surface area is 110 Å². The minimum Gasteiger partial charge on any atom is -0.351 e. The Morgan fingerprint density at radius 3 is 2.69 bits per heavy atom. The van der Waals surface area contributed by atoms with Crippen LogP contribution in [0, 0.1) is 5.41 Å². The fourth-order valence-corrected chi connectivity index (χ4v) is 2.21. The number of hydrogen-bond donors (Lipinski definition) is 1. The van der Waals surface area contributed by atoms with Crippen LogP contribution < -0.4 is 5.32 Å². The summed E-state index contributed by atoms with van der Waals surface area (Å²) in [5, 5.41) is 3.85. The van der Waals surface area contributed by atoms with E-state index in [9.17, 15) is 4.79 Å². The number of hydrogen-bond acceptors (Lipinski definition) is 2. The second kappa shape index (κ2) is 5.82. The average Bonchev–Trinajstić information content (AvgIpc) is 2.74. The first-order chi connectivity index (χ1) is 7.48. The number of carbonyl (C=O) groups is 1. The van der Waals surface area contributed by atoms with Gasteiger partial charge in [0.1, 0.15) is 0 Å². The van der Waals surface area contributed by atoms with E-state index in [1.807, 2.05) is 12.1 Å². The van der Waals surface area contributed by atoms with Crippen LogP contribution in [0.4, 0.5) is 0 Å². The van der Waals surface area contributed by atoms with Crippen LogP contribution in [0.5, 0.6) is 0 Å². The smallest absolute Gasteiger partial charge is 0.261 e. The fraction of sp³-hybridized carbons (Fsp3) is 0.583. The number of carbonyl (C=O) groups excluding carboxylic acids is 1. The predicted molar refractivity (Wildman–Crippen MR) is 73.6 cm³/mol. The maximum atomic E-state index is 11.8. The molecule has 0 unspecified atom stereocenters. The molecule has 1 N–H and O–H groups in total.